The topological polar surface area (TPSA) is 40.6 Å². The highest BCUT2D eigenvalue weighted by Crippen LogP contribution is 2.32. The zero-order chi connectivity index (χ0) is 23.1. The van der Waals surface area contributed by atoms with Crippen molar-refractivity contribution in [2.45, 2.75) is 72.2 Å². The van der Waals surface area contributed by atoms with Crippen LogP contribution in [0.15, 0.2) is 29.2 Å². The van der Waals surface area contributed by atoms with Gasteiger partial charge in [-0.3, -0.25) is 4.90 Å². The second-order valence-corrected chi connectivity index (χ2v) is 12.0. The van der Waals surface area contributed by atoms with E-state index in [2.05, 4.69) is 56.9 Å². The molecule has 0 radical (unpaired) electrons. The first-order valence-corrected chi connectivity index (χ1v) is 12.7. The molecule has 0 amide bonds. The summed E-state index contributed by atoms with van der Waals surface area (Å²) in [6, 6.07) is 8.83. The average molecular weight is 443 g/mol. The van der Waals surface area contributed by atoms with Crippen molar-refractivity contribution >= 4 is 10.0 Å². The van der Waals surface area contributed by atoms with Crippen LogP contribution in [0.1, 0.15) is 59.7 Å². The second-order valence-electron chi connectivity index (χ2n) is 10.1. The highest BCUT2D eigenvalue weighted by molar-refractivity contribution is 7.89. The van der Waals surface area contributed by atoms with Crippen molar-refractivity contribution in [3.63, 3.8) is 0 Å². The van der Waals surface area contributed by atoms with Gasteiger partial charge in [-0.15, -0.1) is 0 Å². The molecule has 0 bridgehead atoms. The van der Waals surface area contributed by atoms with Crippen LogP contribution in [0.5, 0.6) is 0 Å². The molecule has 170 valence electrons. The standard InChI is InChI=1S/C26H38N2O2S/c1-18-19(2)21(4)25(22(5)20(18)3)31(29,30)28-15-13-27(14-16-28)17-23-9-11-24(12-10-23)26(6,7)8/h9-12H,13-17H2,1-8H3. The third-order valence-corrected chi connectivity index (χ3v) is 9.26. The molecule has 1 fully saturated rings. The van der Waals surface area contributed by atoms with Crippen LogP contribution in [0, 0.1) is 34.6 Å². The van der Waals surface area contributed by atoms with Gasteiger partial charge in [-0.2, -0.15) is 4.31 Å². The third-order valence-electron chi connectivity index (χ3n) is 7.09. The molecule has 0 spiro atoms. The molecule has 1 heterocycles. The van der Waals surface area contributed by atoms with E-state index in [4.69, 9.17) is 0 Å². The summed E-state index contributed by atoms with van der Waals surface area (Å²) in [5.41, 5.74) is 7.90. The summed E-state index contributed by atoms with van der Waals surface area (Å²) in [5, 5.41) is 0. The van der Waals surface area contributed by atoms with Crippen molar-refractivity contribution in [1.82, 2.24) is 9.21 Å². The van der Waals surface area contributed by atoms with Crippen LogP contribution in [-0.4, -0.2) is 43.8 Å². The highest BCUT2D eigenvalue weighted by Gasteiger charge is 2.32. The predicted molar refractivity (Wildman–Crippen MR) is 129 cm³/mol. The fraction of sp³-hybridized carbons (Fsp3) is 0.538. The Labute approximate surface area is 189 Å². The summed E-state index contributed by atoms with van der Waals surface area (Å²) in [6.07, 6.45) is 0. The van der Waals surface area contributed by atoms with Crippen LogP contribution < -0.4 is 0 Å². The quantitative estimate of drug-likeness (QED) is 0.667. The maximum atomic E-state index is 13.5. The number of rotatable bonds is 4. The van der Waals surface area contributed by atoms with Gasteiger partial charge in [-0.05, 0) is 79.0 Å². The first-order valence-electron chi connectivity index (χ1n) is 11.2. The Morgan fingerprint density at radius 1 is 0.742 bits per heavy atom. The first kappa shape index (κ1) is 24.0. The zero-order valence-electron chi connectivity index (χ0n) is 20.5. The number of piperazine rings is 1. The Balaban J connectivity index is 1.72. The summed E-state index contributed by atoms with van der Waals surface area (Å²) in [5.74, 6) is 0. The van der Waals surface area contributed by atoms with Crippen LogP contribution >= 0.6 is 0 Å². The fourth-order valence-electron chi connectivity index (χ4n) is 4.48. The van der Waals surface area contributed by atoms with E-state index < -0.39 is 10.0 Å². The lowest BCUT2D eigenvalue weighted by Gasteiger charge is -2.35. The predicted octanol–water partition coefficient (Wildman–Crippen LogP) is 5.03. The van der Waals surface area contributed by atoms with Crippen LogP contribution in [0.2, 0.25) is 0 Å². The molecular formula is C26H38N2O2S. The minimum Gasteiger partial charge on any atom is -0.296 e. The molecule has 0 unspecified atom stereocenters. The van der Waals surface area contributed by atoms with E-state index in [0.29, 0.717) is 18.0 Å². The van der Waals surface area contributed by atoms with Gasteiger partial charge in [0.05, 0.1) is 4.90 Å². The van der Waals surface area contributed by atoms with Crippen molar-refractivity contribution < 1.29 is 8.42 Å². The molecule has 5 heteroatoms. The Morgan fingerprint density at radius 2 is 1.19 bits per heavy atom. The molecule has 1 aliphatic heterocycles. The number of hydrogen-bond acceptors (Lipinski definition) is 3. The molecule has 1 saturated heterocycles. The maximum absolute atomic E-state index is 13.5. The highest BCUT2D eigenvalue weighted by atomic mass is 32.2. The van der Waals surface area contributed by atoms with E-state index in [1.165, 1.54) is 16.7 Å². The summed E-state index contributed by atoms with van der Waals surface area (Å²) < 4.78 is 28.8. The SMILES string of the molecule is Cc1c(C)c(C)c(S(=O)(=O)N2CCN(Cc3ccc(C(C)(C)C)cc3)CC2)c(C)c1C. The van der Waals surface area contributed by atoms with Gasteiger partial charge in [0.2, 0.25) is 10.0 Å². The van der Waals surface area contributed by atoms with Crippen LogP contribution in [-0.2, 0) is 22.0 Å². The normalized spacial score (nSPS) is 16.6. The lowest BCUT2D eigenvalue weighted by molar-refractivity contribution is 0.181. The van der Waals surface area contributed by atoms with E-state index in [0.717, 1.165) is 41.9 Å². The summed E-state index contributed by atoms with van der Waals surface area (Å²) >= 11 is 0. The number of hydrogen-bond donors (Lipinski definition) is 0. The van der Waals surface area contributed by atoms with Crippen molar-refractivity contribution in [3.05, 3.63) is 63.2 Å². The summed E-state index contributed by atoms with van der Waals surface area (Å²) in [4.78, 5) is 2.86. The lowest BCUT2D eigenvalue weighted by Crippen LogP contribution is -2.48. The average Bonchev–Trinajstić information content (AvgIpc) is 2.71. The maximum Gasteiger partial charge on any atom is 0.243 e. The second kappa shape index (κ2) is 8.68. The van der Waals surface area contributed by atoms with Gasteiger partial charge in [-0.1, -0.05) is 45.0 Å². The minimum atomic E-state index is -3.50. The van der Waals surface area contributed by atoms with Gasteiger partial charge in [-0.25, -0.2) is 8.42 Å². The van der Waals surface area contributed by atoms with Gasteiger partial charge in [0, 0.05) is 32.7 Å². The molecule has 0 N–H and O–H groups in total. The largest absolute Gasteiger partial charge is 0.296 e. The Kier molecular flexibility index (Phi) is 6.71. The van der Waals surface area contributed by atoms with E-state index in [1.54, 1.807) is 4.31 Å². The zero-order valence-corrected chi connectivity index (χ0v) is 21.3. The van der Waals surface area contributed by atoms with Crippen molar-refractivity contribution in [2.75, 3.05) is 26.2 Å². The van der Waals surface area contributed by atoms with E-state index in [-0.39, 0.29) is 5.41 Å². The van der Waals surface area contributed by atoms with E-state index in [1.807, 2.05) is 27.7 Å². The Bertz CT molecular complexity index is 1030. The van der Waals surface area contributed by atoms with Gasteiger partial charge < -0.3 is 0 Å². The Hall–Kier alpha value is -1.69. The van der Waals surface area contributed by atoms with E-state index >= 15 is 0 Å². The molecule has 0 aromatic heterocycles. The summed E-state index contributed by atoms with van der Waals surface area (Å²) in [6.45, 7) is 20.1. The molecule has 0 saturated carbocycles. The van der Waals surface area contributed by atoms with Crippen LogP contribution in [0.3, 0.4) is 0 Å². The fourth-order valence-corrected chi connectivity index (χ4v) is 6.46. The van der Waals surface area contributed by atoms with E-state index in [9.17, 15) is 8.42 Å². The van der Waals surface area contributed by atoms with Gasteiger partial charge >= 0.3 is 0 Å². The molecule has 0 atom stereocenters. The van der Waals surface area contributed by atoms with Crippen LogP contribution in [0.25, 0.3) is 0 Å². The smallest absolute Gasteiger partial charge is 0.243 e. The minimum absolute atomic E-state index is 0.154. The molecular weight excluding hydrogens is 404 g/mol. The van der Waals surface area contributed by atoms with Gasteiger partial charge in [0.1, 0.15) is 0 Å². The number of benzene rings is 2. The number of nitrogens with zero attached hydrogens (tertiary/aromatic N) is 2. The monoisotopic (exact) mass is 442 g/mol. The van der Waals surface area contributed by atoms with Gasteiger partial charge in [0.15, 0.2) is 0 Å². The molecule has 31 heavy (non-hydrogen) atoms. The summed E-state index contributed by atoms with van der Waals surface area (Å²) in [7, 11) is -3.50. The molecule has 1 aliphatic rings. The molecule has 2 aromatic carbocycles. The van der Waals surface area contributed by atoms with Crippen molar-refractivity contribution in [3.8, 4) is 0 Å². The van der Waals surface area contributed by atoms with Crippen LogP contribution in [0.4, 0.5) is 0 Å². The van der Waals surface area contributed by atoms with Gasteiger partial charge in [0.25, 0.3) is 0 Å². The molecule has 0 aliphatic carbocycles. The van der Waals surface area contributed by atoms with Crippen molar-refractivity contribution in [1.29, 1.82) is 0 Å². The molecule has 2 aromatic rings. The first-order chi connectivity index (χ1) is 14.3. The molecule has 4 nitrogen and oxygen atoms in total. The Morgan fingerprint density at radius 3 is 1.65 bits per heavy atom. The van der Waals surface area contributed by atoms with Crippen molar-refractivity contribution in [2.24, 2.45) is 0 Å². The number of sulfonamides is 1. The molecule has 3 rings (SSSR count). The lowest BCUT2D eigenvalue weighted by atomic mass is 9.87. The third kappa shape index (κ3) is 4.74.